The summed E-state index contributed by atoms with van der Waals surface area (Å²) in [6, 6.07) is 13.7. The highest BCUT2D eigenvalue weighted by atomic mass is 79.9. The van der Waals surface area contributed by atoms with Crippen LogP contribution in [0.5, 0.6) is 0 Å². The standard InChI is InChI=1S/C12H12BrN3/c13-10-6-4-9(5-7-10)8-15-12-3-1-2-11(14)16-12/h1-7H,8H2,(H3,14,15,16). The van der Waals surface area contributed by atoms with Crippen molar-refractivity contribution in [3.63, 3.8) is 0 Å². The topological polar surface area (TPSA) is 50.9 Å². The number of nitrogens with one attached hydrogen (secondary N) is 1. The molecule has 3 nitrogen and oxygen atoms in total. The Morgan fingerprint density at radius 3 is 2.56 bits per heavy atom. The lowest BCUT2D eigenvalue weighted by Crippen LogP contribution is -2.02. The number of pyridine rings is 1. The van der Waals surface area contributed by atoms with Gasteiger partial charge in [0.1, 0.15) is 11.6 Å². The first kappa shape index (κ1) is 11.0. The number of anilines is 2. The zero-order valence-electron chi connectivity index (χ0n) is 8.65. The van der Waals surface area contributed by atoms with Gasteiger partial charge < -0.3 is 11.1 Å². The lowest BCUT2D eigenvalue weighted by molar-refractivity contribution is 1.11. The van der Waals surface area contributed by atoms with Crippen LogP contribution in [-0.2, 0) is 6.54 Å². The van der Waals surface area contributed by atoms with Gasteiger partial charge >= 0.3 is 0 Å². The number of nitrogens with zero attached hydrogens (tertiary/aromatic N) is 1. The predicted molar refractivity (Wildman–Crippen MR) is 70.1 cm³/mol. The van der Waals surface area contributed by atoms with Crippen molar-refractivity contribution in [2.45, 2.75) is 6.54 Å². The van der Waals surface area contributed by atoms with Crippen LogP contribution in [0, 0.1) is 0 Å². The molecule has 0 saturated carbocycles. The SMILES string of the molecule is Nc1cccc(NCc2ccc(Br)cc2)n1. The van der Waals surface area contributed by atoms with Gasteiger partial charge in [-0.1, -0.05) is 34.1 Å². The number of nitrogen functional groups attached to an aromatic ring is 1. The van der Waals surface area contributed by atoms with Gasteiger partial charge in [0.2, 0.25) is 0 Å². The minimum atomic E-state index is 0.529. The minimum Gasteiger partial charge on any atom is -0.384 e. The number of aromatic nitrogens is 1. The van der Waals surface area contributed by atoms with Crippen LogP contribution in [0.2, 0.25) is 0 Å². The second-order valence-electron chi connectivity index (χ2n) is 3.43. The van der Waals surface area contributed by atoms with Gasteiger partial charge in [0.25, 0.3) is 0 Å². The molecule has 2 rings (SSSR count). The van der Waals surface area contributed by atoms with E-state index in [2.05, 4.69) is 38.4 Å². The van der Waals surface area contributed by atoms with Crippen LogP contribution in [0.3, 0.4) is 0 Å². The van der Waals surface area contributed by atoms with Gasteiger partial charge in [-0.15, -0.1) is 0 Å². The average Bonchev–Trinajstić information content (AvgIpc) is 2.28. The Balaban J connectivity index is 1.99. The molecule has 1 aromatic heterocycles. The molecule has 0 unspecified atom stereocenters. The van der Waals surface area contributed by atoms with E-state index in [0.29, 0.717) is 5.82 Å². The molecular formula is C12H12BrN3. The fraction of sp³-hybridized carbons (Fsp3) is 0.0833. The van der Waals surface area contributed by atoms with Crippen LogP contribution in [-0.4, -0.2) is 4.98 Å². The predicted octanol–water partition coefficient (Wildman–Crippen LogP) is 3.04. The number of hydrogen-bond donors (Lipinski definition) is 2. The molecule has 0 atom stereocenters. The third kappa shape index (κ3) is 2.97. The summed E-state index contributed by atoms with van der Waals surface area (Å²) < 4.78 is 1.08. The van der Waals surface area contributed by atoms with Gasteiger partial charge in [0.15, 0.2) is 0 Å². The lowest BCUT2D eigenvalue weighted by Gasteiger charge is -2.06. The molecule has 0 aliphatic carbocycles. The molecule has 0 spiro atoms. The summed E-state index contributed by atoms with van der Waals surface area (Å²) in [5.74, 6) is 1.32. The summed E-state index contributed by atoms with van der Waals surface area (Å²) in [7, 11) is 0. The zero-order chi connectivity index (χ0) is 11.4. The summed E-state index contributed by atoms with van der Waals surface area (Å²) in [6.45, 7) is 0.740. The van der Waals surface area contributed by atoms with E-state index < -0.39 is 0 Å². The number of nitrogens with two attached hydrogens (primary N) is 1. The summed E-state index contributed by atoms with van der Waals surface area (Å²) in [5.41, 5.74) is 6.79. The number of rotatable bonds is 3. The Hall–Kier alpha value is -1.55. The summed E-state index contributed by atoms with van der Waals surface area (Å²) in [6.07, 6.45) is 0. The maximum Gasteiger partial charge on any atom is 0.128 e. The monoisotopic (exact) mass is 277 g/mol. The van der Waals surface area contributed by atoms with E-state index in [1.54, 1.807) is 6.07 Å². The highest BCUT2D eigenvalue weighted by Gasteiger charge is 1.95. The minimum absolute atomic E-state index is 0.529. The van der Waals surface area contributed by atoms with Gasteiger partial charge in [-0.2, -0.15) is 0 Å². The van der Waals surface area contributed by atoms with Crippen molar-refractivity contribution >= 4 is 27.6 Å². The molecule has 0 radical (unpaired) electrons. The first-order valence-electron chi connectivity index (χ1n) is 4.95. The maximum atomic E-state index is 5.59. The maximum absolute atomic E-state index is 5.59. The molecule has 82 valence electrons. The fourth-order valence-corrected chi connectivity index (χ4v) is 1.61. The number of benzene rings is 1. The first-order valence-corrected chi connectivity index (χ1v) is 5.74. The van der Waals surface area contributed by atoms with Crippen molar-refractivity contribution in [3.05, 3.63) is 52.5 Å². The van der Waals surface area contributed by atoms with Crippen LogP contribution >= 0.6 is 15.9 Å². The molecule has 0 amide bonds. The Morgan fingerprint density at radius 1 is 1.12 bits per heavy atom. The molecule has 0 bridgehead atoms. The highest BCUT2D eigenvalue weighted by Crippen LogP contribution is 2.12. The molecule has 16 heavy (non-hydrogen) atoms. The first-order chi connectivity index (χ1) is 7.74. The number of halogens is 1. The molecule has 0 aliphatic rings. The molecule has 2 aromatic rings. The largest absolute Gasteiger partial charge is 0.384 e. The fourth-order valence-electron chi connectivity index (χ4n) is 1.34. The van der Waals surface area contributed by atoms with Crippen LogP contribution < -0.4 is 11.1 Å². The van der Waals surface area contributed by atoms with E-state index in [1.165, 1.54) is 5.56 Å². The van der Waals surface area contributed by atoms with Crippen molar-refractivity contribution in [1.82, 2.24) is 4.98 Å². The van der Waals surface area contributed by atoms with Gasteiger partial charge in [-0.3, -0.25) is 0 Å². The van der Waals surface area contributed by atoms with Crippen molar-refractivity contribution in [3.8, 4) is 0 Å². The van der Waals surface area contributed by atoms with Crippen LogP contribution in [0.4, 0.5) is 11.6 Å². The van der Waals surface area contributed by atoms with Crippen LogP contribution in [0.1, 0.15) is 5.56 Å². The zero-order valence-corrected chi connectivity index (χ0v) is 10.2. The van der Waals surface area contributed by atoms with E-state index in [-0.39, 0.29) is 0 Å². The Kier molecular flexibility index (Phi) is 3.41. The lowest BCUT2D eigenvalue weighted by atomic mass is 10.2. The highest BCUT2D eigenvalue weighted by molar-refractivity contribution is 9.10. The average molecular weight is 278 g/mol. The van der Waals surface area contributed by atoms with E-state index in [1.807, 2.05) is 24.3 Å². The summed E-state index contributed by atoms with van der Waals surface area (Å²) >= 11 is 3.40. The van der Waals surface area contributed by atoms with Crippen LogP contribution in [0.25, 0.3) is 0 Å². The molecule has 4 heteroatoms. The Bertz CT molecular complexity index is 468. The quantitative estimate of drug-likeness (QED) is 0.907. The van der Waals surface area contributed by atoms with Crippen molar-refractivity contribution in [2.75, 3.05) is 11.1 Å². The Labute approximate surface area is 103 Å². The van der Waals surface area contributed by atoms with Gasteiger partial charge in [-0.05, 0) is 29.8 Å². The Morgan fingerprint density at radius 2 is 1.88 bits per heavy atom. The van der Waals surface area contributed by atoms with Crippen LogP contribution in [0.15, 0.2) is 46.9 Å². The van der Waals surface area contributed by atoms with Gasteiger partial charge in [0, 0.05) is 11.0 Å². The number of hydrogen-bond acceptors (Lipinski definition) is 3. The summed E-state index contributed by atoms with van der Waals surface area (Å²) in [5, 5.41) is 3.21. The molecule has 1 aromatic carbocycles. The van der Waals surface area contributed by atoms with E-state index >= 15 is 0 Å². The van der Waals surface area contributed by atoms with Crippen molar-refractivity contribution in [1.29, 1.82) is 0 Å². The van der Waals surface area contributed by atoms with E-state index in [4.69, 9.17) is 5.73 Å². The third-order valence-corrected chi connectivity index (χ3v) is 2.69. The molecule has 0 aliphatic heterocycles. The molecule has 0 fully saturated rings. The smallest absolute Gasteiger partial charge is 0.128 e. The van der Waals surface area contributed by atoms with Crippen molar-refractivity contribution in [2.24, 2.45) is 0 Å². The molecule has 1 heterocycles. The molecular weight excluding hydrogens is 266 g/mol. The van der Waals surface area contributed by atoms with Gasteiger partial charge in [0.05, 0.1) is 0 Å². The third-order valence-electron chi connectivity index (χ3n) is 2.16. The normalized spacial score (nSPS) is 10.1. The molecule has 3 N–H and O–H groups in total. The van der Waals surface area contributed by atoms with E-state index in [0.717, 1.165) is 16.8 Å². The summed E-state index contributed by atoms with van der Waals surface area (Å²) in [4.78, 5) is 4.16. The van der Waals surface area contributed by atoms with E-state index in [9.17, 15) is 0 Å². The van der Waals surface area contributed by atoms with Gasteiger partial charge in [-0.25, -0.2) is 4.98 Å². The molecule has 0 saturated heterocycles. The second kappa shape index (κ2) is 4.99. The van der Waals surface area contributed by atoms with Crippen molar-refractivity contribution < 1.29 is 0 Å². The second-order valence-corrected chi connectivity index (χ2v) is 4.34.